The largest absolute Gasteiger partial charge is 0.381 e. The number of amides is 1. The van der Waals surface area contributed by atoms with E-state index in [1.165, 1.54) is 12.8 Å². The van der Waals surface area contributed by atoms with E-state index in [9.17, 15) is 9.59 Å². The molecule has 0 aliphatic rings. The van der Waals surface area contributed by atoms with Gasteiger partial charge in [0.25, 0.3) is 0 Å². The minimum Gasteiger partial charge on any atom is -0.381 e. The molecular weight excluding hydrogens is 374 g/mol. The van der Waals surface area contributed by atoms with E-state index in [0.717, 1.165) is 26.0 Å². The average molecular weight is 430 g/mol. The standard InChI is InChI=1S/C12H23NO2.C12H26O.C2H6/c1-10(15)6-11(2,3)7-12(4,5)8-13-9-14;1-7-11(3,4)9-12(5,6)10-13-8-2;1-2/h9H,6-8H2,1-5H3,(H,13,14);7-10H2,1-6H3;1-2H3. The second-order valence-electron chi connectivity index (χ2n) is 11.4. The van der Waals surface area contributed by atoms with Crippen molar-refractivity contribution in [2.45, 2.75) is 116 Å². The summed E-state index contributed by atoms with van der Waals surface area (Å²) in [6.45, 7) is 29.9. The summed E-state index contributed by atoms with van der Waals surface area (Å²) in [6, 6.07) is 0. The predicted molar refractivity (Wildman–Crippen MR) is 132 cm³/mol. The van der Waals surface area contributed by atoms with Gasteiger partial charge in [-0.1, -0.05) is 82.6 Å². The first-order valence-electron chi connectivity index (χ1n) is 11.8. The number of carbonyl (C=O) groups excluding carboxylic acids is 2. The van der Waals surface area contributed by atoms with Crippen molar-refractivity contribution in [3.05, 3.63) is 0 Å². The first-order valence-corrected chi connectivity index (χ1v) is 11.8. The molecule has 0 heterocycles. The van der Waals surface area contributed by atoms with Gasteiger partial charge in [0.2, 0.25) is 6.41 Å². The number of hydrogen-bond donors (Lipinski definition) is 1. The van der Waals surface area contributed by atoms with E-state index in [-0.39, 0.29) is 16.6 Å². The highest BCUT2D eigenvalue weighted by molar-refractivity contribution is 5.76. The summed E-state index contributed by atoms with van der Waals surface area (Å²) < 4.78 is 5.49. The molecule has 0 rings (SSSR count). The number of carbonyl (C=O) groups is 2. The Morgan fingerprint density at radius 2 is 1.30 bits per heavy atom. The van der Waals surface area contributed by atoms with E-state index < -0.39 is 0 Å². The maximum atomic E-state index is 11.1. The topological polar surface area (TPSA) is 55.4 Å². The summed E-state index contributed by atoms with van der Waals surface area (Å²) in [5, 5.41) is 2.70. The Morgan fingerprint density at radius 1 is 0.833 bits per heavy atom. The van der Waals surface area contributed by atoms with Crippen molar-refractivity contribution in [3.63, 3.8) is 0 Å². The van der Waals surface area contributed by atoms with Crippen LogP contribution in [0, 0.1) is 21.7 Å². The zero-order chi connectivity index (χ0) is 24.6. The minimum absolute atomic E-state index is 0.000102. The van der Waals surface area contributed by atoms with E-state index in [4.69, 9.17) is 4.74 Å². The Bertz CT molecular complexity index is 451. The fraction of sp³-hybridized carbons (Fsp3) is 0.923. The van der Waals surface area contributed by atoms with Crippen LogP contribution < -0.4 is 5.32 Å². The third-order valence-corrected chi connectivity index (χ3v) is 4.96. The number of hydrogen-bond acceptors (Lipinski definition) is 3. The maximum Gasteiger partial charge on any atom is 0.207 e. The first kappa shape index (κ1) is 33.7. The first-order chi connectivity index (χ1) is 13.5. The normalized spacial score (nSPS) is 12.2. The van der Waals surface area contributed by atoms with Crippen molar-refractivity contribution in [2.75, 3.05) is 19.8 Å². The highest BCUT2D eigenvalue weighted by Gasteiger charge is 2.29. The molecule has 0 aromatic carbocycles. The van der Waals surface area contributed by atoms with Crippen LogP contribution in [0.3, 0.4) is 0 Å². The van der Waals surface area contributed by atoms with Crippen LogP contribution in [0.4, 0.5) is 0 Å². The highest BCUT2D eigenvalue weighted by Crippen LogP contribution is 2.36. The lowest BCUT2D eigenvalue weighted by Gasteiger charge is -2.34. The number of nitrogens with one attached hydrogen (secondary N) is 1. The molecule has 182 valence electrons. The lowest BCUT2D eigenvalue weighted by molar-refractivity contribution is -0.119. The number of rotatable bonds is 13. The van der Waals surface area contributed by atoms with Crippen molar-refractivity contribution < 1.29 is 14.3 Å². The molecule has 30 heavy (non-hydrogen) atoms. The summed E-state index contributed by atoms with van der Waals surface area (Å²) >= 11 is 0. The quantitative estimate of drug-likeness (QED) is 0.319. The molecule has 0 unspecified atom stereocenters. The zero-order valence-corrected chi connectivity index (χ0v) is 22.8. The number of Topliss-reactive ketones (excluding diaryl/α,β-unsaturated/α-hetero) is 1. The average Bonchev–Trinajstić information content (AvgIpc) is 2.57. The fourth-order valence-corrected chi connectivity index (χ4v) is 4.26. The Balaban J connectivity index is -0.000000452. The monoisotopic (exact) mass is 429 g/mol. The SMILES string of the molecule is CC.CC(=O)CC(C)(C)CC(C)(C)CNC=O.CCOCC(C)(C)CC(C)(C)CC. The second kappa shape index (κ2) is 15.8. The molecule has 0 fully saturated rings. The molecule has 1 N–H and O–H groups in total. The van der Waals surface area contributed by atoms with E-state index in [2.05, 4.69) is 74.6 Å². The van der Waals surface area contributed by atoms with Crippen LogP contribution in [-0.4, -0.2) is 32.0 Å². The van der Waals surface area contributed by atoms with Gasteiger partial charge in [0, 0.05) is 19.6 Å². The molecule has 0 aromatic rings. The third-order valence-electron chi connectivity index (χ3n) is 4.96. The molecule has 0 bridgehead atoms. The van der Waals surface area contributed by atoms with Crippen LogP contribution in [-0.2, 0) is 14.3 Å². The molecule has 0 aliphatic carbocycles. The molecule has 0 radical (unpaired) electrons. The molecule has 0 aromatic heterocycles. The lowest BCUT2D eigenvalue weighted by atomic mass is 9.73. The molecule has 0 aliphatic heterocycles. The Hall–Kier alpha value is -0.900. The second-order valence-corrected chi connectivity index (χ2v) is 11.4. The van der Waals surface area contributed by atoms with Crippen LogP contribution in [0.5, 0.6) is 0 Å². The van der Waals surface area contributed by atoms with Gasteiger partial charge in [-0.05, 0) is 48.3 Å². The van der Waals surface area contributed by atoms with E-state index in [1.807, 2.05) is 13.8 Å². The van der Waals surface area contributed by atoms with Gasteiger partial charge in [0.1, 0.15) is 5.78 Å². The van der Waals surface area contributed by atoms with Gasteiger partial charge < -0.3 is 14.8 Å². The van der Waals surface area contributed by atoms with E-state index in [0.29, 0.717) is 23.8 Å². The molecule has 0 saturated carbocycles. The number of ketones is 1. The minimum atomic E-state index is -0.000102. The smallest absolute Gasteiger partial charge is 0.207 e. The van der Waals surface area contributed by atoms with E-state index in [1.54, 1.807) is 6.92 Å². The maximum absolute atomic E-state index is 11.1. The summed E-state index contributed by atoms with van der Waals surface area (Å²) in [5.41, 5.74) is 0.788. The predicted octanol–water partition coefficient (Wildman–Crippen LogP) is 7.06. The van der Waals surface area contributed by atoms with Crippen molar-refractivity contribution in [3.8, 4) is 0 Å². The zero-order valence-electron chi connectivity index (χ0n) is 22.8. The summed E-state index contributed by atoms with van der Waals surface area (Å²) in [4.78, 5) is 21.3. The van der Waals surface area contributed by atoms with Gasteiger partial charge in [-0.3, -0.25) is 4.79 Å². The van der Waals surface area contributed by atoms with Gasteiger partial charge >= 0.3 is 0 Å². The van der Waals surface area contributed by atoms with Gasteiger partial charge in [0.05, 0.1) is 6.61 Å². The molecule has 0 saturated heterocycles. The van der Waals surface area contributed by atoms with Gasteiger partial charge in [-0.25, -0.2) is 0 Å². The summed E-state index contributed by atoms with van der Waals surface area (Å²) in [5.74, 6) is 0.221. The molecular formula is C26H55NO3. The number of ether oxygens (including phenoxy) is 1. The lowest BCUT2D eigenvalue weighted by Crippen LogP contribution is -2.33. The molecule has 0 atom stereocenters. The van der Waals surface area contributed by atoms with Crippen molar-refractivity contribution in [1.29, 1.82) is 0 Å². The highest BCUT2D eigenvalue weighted by atomic mass is 16.5. The third kappa shape index (κ3) is 21.8. The van der Waals surface area contributed by atoms with Gasteiger partial charge in [-0.2, -0.15) is 0 Å². The Morgan fingerprint density at radius 3 is 1.67 bits per heavy atom. The molecule has 4 heteroatoms. The van der Waals surface area contributed by atoms with Gasteiger partial charge in [-0.15, -0.1) is 0 Å². The molecule has 0 spiro atoms. The van der Waals surface area contributed by atoms with Crippen LogP contribution in [0.1, 0.15) is 116 Å². The van der Waals surface area contributed by atoms with Crippen molar-refractivity contribution in [2.24, 2.45) is 21.7 Å². The van der Waals surface area contributed by atoms with Gasteiger partial charge in [0.15, 0.2) is 0 Å². The fourth-order valence-electron chi connectivity index (χ4n) is 4.26. The molecule has 1 amide bonds. The Labute approximate surface area is 189 Å². The summed E-state index contributed by atoms with van der Waals surface area (Å²) in [7, 11) is 0. The van der Waals surface area contributed by atoms with E-state index >= 15 is 0 Å². The van der Waals surface area contributed by atoms with Crippen LogP contribution in [0.2, 0.25) is 0 Å². The van der Waals surface area contributed by atoms with Crippen LogP contribution >= 0.6 is 0 Å². The van der Waals surface area contributed by atoms with Crippen LogP contribution in [0.25, 0.3) is 0 Å². The van der Waals surface area contributed by atoms with Crippen molar-refractivity contribution >= 4 is 12.2 Å². The van der Waals surface area contributed by atoms with Crippen molar-refractivity contribution in [1.82, 2.24) is 5.32 Å². The summed E-state index contributed by atoms with van der Waals surface area (Å²) in [6.07, 6.45) is 4.71. The molecule has 4 nitrogen and oxygen atoms in total. The van der Waals surface area contributed by atoms with Crippen LogP contribution in [0.15, 0.2) is 0 Å². The Kier molecular flexibility index (Phi) is 17.8.